The quantitative estimate of drug-likeness (QED) is 0.149. The molecule has 0 spiro atoms. The van der Waals surface area contributed by atoms with Gasteiger partial charge in [-0.25, -0.2) is 9.59 Å². The average molecular weight is 796 g/mol. The Morgan fingerprint density at radius 3 is 2.13 bits per heavy atom. The van der Waals surface area contributed by atoms with Crippen molar-refractivity contribution in [3.05, 3.63) is 58.2 Å². The number of benzene rings is 2. The predicted octanol–water partition coefficient (Wildman–Crippen LogP) is 4.70. The molecule has 7 nitrogen and oxygen atoms in total. The maximum atomic E-state index is 12.9. The fraction of sp³-hybridized carbons (Fsp3) is 0.176. The smallest absolute Gasteiger partial charge is 0.426 e. The lowest BCUT2D eigenvalue weighted by molar-refractivity contribution is -0.197. The molecule has 168 valence electrons. The summed E-state index contributed by atoms with van der Waals surface area (Å²) in [5.74, 6) is -3.94. The Morgan fingerprint density at radius 1 is 1.03 bits per heavy atom. The summed E-state index contributed by atoms with van der Waals surface area (Å²) in [4.78, 5) is 24.4. The maximum absolute atomic E-state index is 12.9. The number of rotatable bonds is 6. The molecule has 0 amide bonds. The number of hydrogen-bond acceptors (Lipinski definition) is 6. The summed E-state index contributed by atoms with van der Waals surface area (Å²) >= 11 is 6.11. The molecule has 31 heavy (non-hydrogen) atoms. The molecule has 0 aliphatic carbocycles. The fourth-order valence-corrected chi connectivity index (χ4v) is 5.13. The minimum Gasteiger partial charge on any atom is -0.448 e. The van der Waals surface area contributed by atoms with Crippen molar-refractivity contribution in [1.82, 2.24) is 0 Å². The van der Waals surface area contributed by atoms with Crippen molar-refractivity contribution in [3.63, 3.8) is 0 Å². The van der Waals surface area contributed by atoms with Crippen LogP contribution >= 0.6 is 67.8 Å². The van der Waals surface area contributed by atoms with Gasteiger partial charge in [0.15, 0.2) is 0 Å². The van der Waals surface area contributed by atoms with E-state index in [2.05, 4.69) is 27.3 Å². The number of halogens is 6. The minimum absolute atomic E-state index is 0.0246. The van der Waals surface area contributed by atoms with E-state index in [-0.39, 0.29) is 11.3 Å². The molecule has 2 rings (SSSR count). The highest BCUT2D eigenvalue weighted by molar-refractivity contribution is 14.1. The molecular formula is C17H10F3I3O7S. The number of esters is 2. The Bertz CT molecular complexity index is 1100. The molecule has 0 aliphatic heterocycles. The number of carbonyl (C=O) groups is 2. The zero-order chi connectivity index (χ0) is 23.6. The van der Waals surface area contributed by atoms with Crippen molar-refractivity contribution in [2.45, 2.75) is 12.3 Å². The topological polar surface area (TPSA) is 107 Å². The van der Waals surface area contributed by atoms with E-state index in [0.29, 0.717) is 9.13 Å². The first-order valence-electron chi connectivity index (χ1n) is 7.87. The molecule has 2 aromatic carbocycles. The van der Waals surface area contributed by atoms with Gasteiger partial charge in [0.2, 0.25) is 6.10 Å². The van der Waals surface area contributed by atoms with Crippen molar-refractivity contribution in [3.8, 4) is 5.75 Å². The summed E-state index contributed by atoms with van der Waals surface area (Å²) in [6.45, 7) is 0. The molecule has 0 radical (unpaired) electrons. The third-order valence-corrected chi connectivity index (χ3v) is 7.88. The van der Waals surface area contributed by atoms with Gasteiger partial charge < -0.3 is 9.47 Å². The lowest BCUT2D eigenvalue weighted by atomic mass is 10.2. The summed E-state index contributed by atoms with van der Waals surface area (Å²) in [5, 5.41) is 0. The van der Waals surface area contributed by atoms with Crippen LogP contribution in [0.5, 0.6) is 5.75 Å². The average Bonchev–Trinajstić information content (AvgIpc) is 2.62. The number of ether oxygens (including phenoxy) is 2. The first-order chi connectivity index (χ1) is 14.2. The maximum Gasteiger partial charge on any atom is 0.426 e. The Hall–Kier alpha value is -0.730. The highest BCUT2D eigenvalue weighted by Crippen LogP contribution is 2.26. The molecule has 0 saturated carbocycles. The Balaban J connectivity index is 2.14. The van der Waals surface area contributed by atoms with Crippen LogP contribution in [-0.4, -0.2) is 42.9 Å². The fourth-order valence-electron chi connectivity index (χ4n) is 2.11. The summed E-state index contributed by atoms with van der Waals surface area (Å²) in [6.07, 6.45) is -8.25. The van der Waals surface area contributed by atoms with Crippen LogP contribution in [0, 0.1) is 10.7 Å². The molecule has 0 bridgehead atoms. The van der Waals surface area contributed by atoms with Gasteiger partial charge in [0.1, 0.15) is 11.5 Å². The number of alkyl halides is 3. The summed E-state index contributed by atoms with van der Waals surface area (Å²) in [6, 6.07) is 7.95. The van der Waals surface area contributed by atoms with Crippen LogP contribution < -0.4 is 4.74 Å². The van der Waals surface area contributed by atoms with E-state index in [4.69, 9.17) is 9.29 Å². The van der Waals surface area contributed by atoms with E-state index in [1.165, 1.54) is 12.1 Å². The van der Waals surface area contributed by atoms with Gasteiger partial charge in [-0.3, -0.25) is 4.55 Å². The Labute approximate surface area is 215 Å². The van der Waals surface area contributed by atoms with Gasteiger partial charge in [0.25, 0.3) is 10.1 Å². The standard InChI is InChI=1S/C17H10F3I3O7S/c18-17(19,20)13(7-31(26,27)28)30-15(24)8-1-3-10(4-2-8)29-16(25)11-5-9(21)6-12(22)14(11)23/h1-6,13H,7H2,(H,26,27,28). The second kappa shape index (κ2) is 10.5. The van der Waals surface area contributed by atoms with Crippen LogP contribution in [0.4, 0.5) is 13.2 Å². The van der Waals surface area contributed by atoms with E-state index >= 15 is 0 Å². The van der Waals surface area contributed by atoms with Gasteiger partial charge in [-0.1, -0.05) is 0 Å². The third-order valence-electron chi connectivity index (χ3n) is 3.49. The first-order valence-corrected chi connectivity index (χ1v) is 12.7. The van der Waals surface area contributed by atoms with Gasteiger partial charge >= 0.3 is 18.1 Å². The third kappa shape index (κ3) is 7.97. The summed E-state index contributed by atoms with van der Waals surface area (Å²) in [5.41, 5.74) is -0.0265. The molecule has 1 atom stereocenters. The lowest BCUT2D eigenvalue weighted by Gasteiger charge is -2.19. The molecule has 0 aromatic heterocycles. The molecular weight excluding hydrogens is 786 g/mol. The van der Waals surface area contributed by atoms with E-state index in [0.717, 1.165) is 19.3 Å². The van der Waals surface area contributed by atoms with Gasteiger partial charge in [-0.15, -0.1) is 0 Å². The summed E-state index contributed by atoms with van der Waals surface area (Å²) < 4.78 is 80.5. The van der Waals surface area contributed by atoms with Crippen molar-refractivity contribution in [1.29, 1.82) is 0 Å². The molecule has 1 unspecified atom stereocenters. The Kier molecular flexibility index (Phi) is 8.96. The second-order valence-corrected chi connectivity index (χ2v) is 10.8. The van der Waals surface area contributed by atoms with E-state index in [1.807, 2.05) is 51.2 Å². The molecule has 0 fully saturated rings. The molecule has 0 aliphatic rings. The van der Waals surface area contributed by atoms with Gasteiger partial charge in [-0.2, -0.15) is 21.6 Å². The van der Waals surface area contributed by atoms with Crippen LogP contribution in [-0.2, 0) is 14.9 Å². The molecule has 0 saturated heterocycles. The number of hydrogen-bond donors (Lipinski definition) is 1. The molecule has 14 heteroatoms. The largest absolute Gasteiger partial charge is 0.448 e. The van der Waals surface area contributed by atoms with Crippen molar-refractivity contribution < 1.29 is 45.2 Å². The Morgan fingerprint density at radius 2 is 1.61 bits per heavy atom. The number of carbonyl (C=O) groups excluding carboxylic acids is 2. The van der Waals surface area contributed by atoms with Gasteiger partial charge in [0, 0.05) is 10.7 Å². The predicted molar refractivity (Wildman–Crippen MR) is 128 cm³/mol. The highest BCUT2D eigenvalue weighted by atomic mass is 127. The second-order valence-electron chi connectivity index (χ2n) is 5.85. The molecule has 2 aromatic rings. The lowest BCUT2D eigenvalue weighted by Crippen LogP contribution is -2.39. The zero-order valence-corrected chi connectivity index (χ0v) is 22.1. The van der Waals surface area contributed by atoms with Crippen molar-refractivity contribution in [2.24, 2.45) is 0 Å². The first kappa shape index (κ1) is 26.5. The monoisotopic (exact) mass is 796 g/mol. The van der Waals surface area contributed by atoms with Crippen molar-refractivity contribution in [2.75, 3.05) is 5.75 Å². The molecule has 0 heterocycles. The van der Waals surface area contributed by atoms with Crippen LogP contribution in [0.3, 0.4) is 0 Å². The van der Waals surface area contributed by atoms with E-state index in [9.17, 15) is 31.2 Å². The SMILES string of the molecule is O=C(OC(CS(=O)(=O)O)C(F)(F)F)c1ccc(OC(=O)c2cc(I)cc(I)c2I)cc1. The highest BCUT2D eigenvalue weighted by Gasteiger charge is 2.45. The summed E-state index contributed by atoms with van der Waals surface area (Å²) in [7, 11) is -5.05. The van der Waals surface area contributed by atoms with E-state index in [1.54, 1.807) is 6.07 Å². The molecule has 1 N–H and O–H groups in total. The van der Waals surface area contributed by atoms with Crippen molar-refractivity contribution >= 4 is 89.8 Å². The van der Waals surface area contributed by atoms with Gasteiger partial charge in [0.05, 0.1) is 11.1 Å². The normalized spacial score (nSPS) is 12.9. The van der Waals surface area contributed by atoms with Crippen LogP contribution in [0.1, 0.15) is 20.7 Å². The zero-order valence-electron chi connectivity index (χ0n) is 14.8. The van der Waals surface area contributed by atoms with Crippen LogP contribution in [0.25, 0.3) is 0 Å². The minimum atomic E-state index is -5.21. The van der Waals surface area contributed by atoms with Gasteiger partial charge in [-0.05, 0) is 104 Å². The van der Waals surface area contributed by atoms with Crippen LogP contribution in [0.15, 0.2) is 36.4 Å². The van der Waals surface area contributed by atoms with E-state index < -0.39 is 40.1 Å². The van der Waals surface area contributed by atoms with Crippen LogP contribution in [0.2, 0.25) is 0 Å².